The van der Waals surface area contributed by atoms with Crippen molar-refractivity contribution in [2.75, 3.05) is 50.6 Å². The predicted molar refractivity (Wildman–Crippen MR) is 138 cm³/mol. The van der Waals surface area contributed by atoms with E-state index in [9.17, 15) is 14.4 Å². The Morgan fingerprint density at radius 3 is 2.43 bits per heavy atom. The topological polar surface area (TPSA) is 82.2 Å². The van der Waals surface area contributed by atoms with Gasteiger partial charge >= 0.3 is 5.97 Å². The Labute approximate surface area is 207 Å². The maximum absolute atomic E-state index is 13.1. The molecule has 0 aliphatic carbocycles. The van der Waals surface area contributed by atoms with Crippen molar-refractivity contribution < 1.29 is 19.1 Å². The zero-order valence-corrected chi connectivity index (χ0v) is 21.3. The number of para-hydroxylation sites is 1. The first-order valence-electron chi connectivity index (χ1n) is 12.1. The summed E-state index contributed by atoms with van der Waals surface area (Å²) in [6, 6.07) is 14.9. The van der Waals surface area contributed by atoms with Crippen molar-refractivity contribution >= 4 is 29.2 Å². The number of hydrogen-bond acceptors (Lipinski definition) is 6. The first-order chi connectivity index (χ1) is 16.7. The lowest BCUT2D eigenvalue weighted by Gasteiger charge is -2.44. The van der Waals surface area contributed by atoms with Gasteiger partial charge in [-0.15, -0.1) is 0 Å². The Kier molecular flexibility index (Phi) is 8.87. The Morgan fingerprint density at radius 1 is 1.11 bits per heavy atom. The predicted octanol–water partition coefficient (Wildman–Crippen LogP) is 3.03. The average molecular weight is 481 g/mol. The highest BCUT2D eigenvalue weighted by atomic mass is 16.5. The van der Waals surface area contributed by atoms with Gasteiger partial charge in [0.05, 0.1) is 25.3 Å². The Morgan fingerprint density at radius 2 is 1.80 bits per heavy atom. The summed E-state index contributed by atoms with van der Waals surface area (Å²) in [5.74, 6) is -0.636. The first kappa shape index (κ1) is 26.2. The van der Waals surface area contributed by atoms with E-state index in [0.29, 0.717) is 5.56 Å². The molecule has 35 heavy (non-hydrogen) atoms. The second kappa shape index (κ2) is 11.8. The Balaban J connectivity index is 1.55. The van der Waals surface area contributed by atoms with Gasteiger partial charge in [0.1, 0.15) is 0 Å². The zero-order chi connectivity index (χ0) is 25.5. The molecule has 2 aromatic carbocycles. The third-order valence-electron chi connectivity index (χ3n) is 6.62. The zero-order valence-electron chi connectivity index (χ0n) is 21.3. The number of carbonyl (C=O) groups excluding carboxylic acids is 3. The van der Waals surface area contributed by atoms with E-state index >= 15 is 0 Å². The number of benzene rings is 2. The van der Waals surface area contributed by atoms with Crippen molar-refractivity contribution in [1.29, 1.82) is 0 Å². The van der Waals surface area contributed by atoms with E-state index in [-0.39, 0.29) is 36.4 Å². The van der Waals surface area contributed by atoms with Crippen molar-refractivity contribution in [3.05, 3.63) is 59.7 Å². The highest BCUT2D eigenvalue weighted by Gasteiger charge is 2.32. The fourth-order valence-electron chi connectivity index (χ4n) is 4.60. The Bertz CT molecular complexity index is 1040. The summed E-state index contributed by atoms with van der Waals surface area (Å²) in [5, 5.41) is 2.93. The van der Waals surface area contributed by atoms with E-state index < -0.39 is 0 Å². The highest BCUT2D eigenvalue weighted by molar-refractivity contribution is 5.95. The molecule has 0 saturated carbocycles. The Hall–Kier alpha value is -3.39. The van der Waals surface area contributed by atoms with E-state index in [1.165, 1.54) is 12.0 Å². The van der Waals surface area contributed by atoms with Crippen LogP contribution in [0, 0.1) is 0 Å². The number of methoxy groups -OCH3 is 1. The molecule has 1 N–H and O–H groups in total. The molecular weight excluding hydrogens is 444 g/mol. The lowest BCUT2D eigenvalue weighted by Crippen LogP contribution is -2.58. The normalized spacial score (nSPS) is 16.9. The van der Waals surface area contributed by atoms with E-state index in [1.807, 2.05) is 50.2 Å². The number of carbonyl (C=O) groups is 3. The maximum atomic E-state index is 13.1. The second-order valence-electron chi connectivity index (χ2n) is 9.00. The van der Waals surface area contributed by atoms with Crippen LogP contribution in [-0.2, 0) is 20.7 Å². The summed E-state index contributed by atoms with van der Waals surface area (Å²) in [4.78, 5) is 43.3. The molecule has 2 aromatic rings. The minimum Gasteiger partial charge on any atom is -0.465 e. The van der Waals surface area contributed by atoms with Crippen LogP contribution in [0.4, 0.5) is 11.4 Å². The number of ether oxygens (including phenoxy) is 1. The molecule has 1 fully saturated rings. The number of esters is 1. The largest absolute Gasteiger partial charge is 0.465 e. The second-order valence-corrected chi connectivity index (χ2v) is 9.00. The summed E-state index contributed by atoms with van der Waals surface area (Å²) in [5.41, 5.74) is 3.41. The number of aryl methyl sites for hydroxylation is 1. The van der Waals surface area contributed by atoms with Crippen LogP contribution in [0.1, 0.15) is 36.7 Å². The third kappa shape index (κ3) is 6.39. The van der Waals surface area contributed by atoms with Gasteiger partial charge in [0, 0.05) is 44.1 Å². The van der Waals surface area contributed by atoms with Crippen molar-refractivity contribution in [2.45, 2.75) is 39.3 Å². The van der Waals surface area contributed by atoms with Crippen LogP contribution in [0.5, 0.6) is 0 Å². The monoisotopic (exact) mass is 480 g/mol. The van der Waals surface area contributed by atoms with Gasteiger partial charge in [-0.1, -0.05) is 25.1 Å². The van der Waals surface area contributed by atoms with Crippen LogP contribution < -0.4 is 10.2 Å². The number of anilines is 2. The maximum Gasteiger partial charge on any atom is 0.337 e. The van der Waals surface area contributed by atoms with Crippen LogP contribution in [0.25, 0.3) is 0 Å². The standard InChI is InChI=1S/C27H36N4O4/c1-6-21-9-7-8-10-24(21)28-25(32)18-29(4)26(33)20(3)31-16-15-30(17-19(31)2)23-13-11-22(12-14-23)27(34)35-5/h7-14,19-20H,6,15-18H2,1-5H3,(H,28,32). The number of nitrogens with one attached hydrogen (secondary N) is 1. The average Bonchev–Trinajstić information content (AvgIpc) is 2.87. The molecule has 1 aliphatic rings. The minimum absolute atomic E-state index is 0.00209. The molecule has 1 aliphatic heterocycles. The van der Waals surface area contributed by atoms with Crippen LogP contribution in [0.2, 0.25) is 0 Å². The number of likely N-dealkylation sites (N-methyl/N-ethyl adjacent to an activating group) is 1. The van der Waals surface area contributed by atoms with E-state index in [2.05, 4.69) is 22.0 Å². The molecule has 8 nitrogen and oxygen atoms in total. The number of amides is 2. The molecular formula is C27H36N4O4. The van der Waals surface area contributed by atoms with Gasteiger partial charge in [-0.05, 0) is 56.2 Å². The van der Waals surface area contributed by atoms with Crippen LogP contribution in [-0.4, -0.2) is 80.0 Å². The van der Waals surface area contributed by atoms with Gasteiger partial charge in [0.2, 0.25) is 11.8 Å². The van der Waals surface area contributed by atoms with Gasteiger partial charge in [-0.2, -0.15) is 0 Å². The lowest BCUT2D eigenvalue weighted by atomic mass is 10.1. The van der Waals surface area contributed by atoms with Crippen molar-refractivity contribution in [3.63, 3.8) is 0 Å². The molecule has 188 valence electrons. The summed E-state index contributed by atoms with van der Waals surface area (Å²) >= 11 is 0. The fraction of sp³-hybridized carbons (Fsp3) is 0.444. The molecule has 8 heteroatoms. The van der Waals surface area contributed by atoms with Crippen LogP contribution >= 0.6 is 0 Å². The fourth-order valence-corrected chi connectivity index (χ4v) is 4.60. The smallest absolute Gasteiger partial charge is 0.337 e. The van der Waals surface area contributed by atoms with Crippen molar-refractivity contribution in [3.8, 4) is 0 Å². The SMILES string of the molecule is CCc1ccccc1NC(=O)CN(C)C(=O)C(C)N1CCN(c2ccc(C(=O)OC)cc2)CC1C. The molecule has 1 saturated heterocycles. The van der Waals surface area contributed by atoms with E-state index in [1.54, 1.807) is 19.2 Å². The minimum atomic E-state index is -0.352. The quantitative estimate of drug-likeness (QED) is 0.585. The number of nitrogens with zero attached hydrogens (tertiary/aromatic N) is 3. The molecule has 3 rings (SSSR count). The van der Waals surface area contributed by atoms with Gasteiger partial charge < -0.3 is 19.9 Å². The van der Waals surface area contributed by atoms with E-state index in [0.717, 1.165) is 43.0 Å². The first-order valence-corrected chi connectivity index (χ1v) is 12.1. The number of rotatable bonds is 8. The summed E-state index contributed by atoms with van der Waals surface area (Å²) in [7, 11) is 3.04. The molecule has 2 unspecified atom stereocenters. The molecule has 0 radical (unpaired) electrons. The lowest BCUT2D eigenvalue weighted by molar-refractivity contribution is -0.138. The van der Waals surface area contributed by atoms with Crippen molar-refractivity contribution in [2.24, 2.45) is 0 Å². The summed E-state index contributed by atoms with van der Waals surface area (Å²) in [6.07, 6.45) is 0.821. The third-order valence-corrected chi connectivity index (χ3v) is 6.62. The summed E-state index contributed by atoms with van der Waals surface area (Å²) in [6.45, 7) is 8.29. The summed E-state index contributed by atoms with van der Waals surface area (Å²) < 4.78 is 4.76. The molecule has 0 aromatic heterocycles. The molecule has 2 atom stereocenters. The highest BCUT2D eigenvalue weighted by Crippen LogP contribution is 2.22. The van der Waals surface area contributed by atoms with Gasteiger partial charge in [0.15, 0.2) is 0 Å². The molecule has 0 spiro atoms. The molecule has 0 bridgehead atoms. The number of hydrogen-bond donors (Lipinski definition) is 1. The molecule has 2 amide bonds. The van der Waals surface area contributed by atoms with Gasteiger partial charge in [-0.3, -0.25) is 14.5 Å². The van der Waals surface area contributed by atoms with E-state index in [4.69, 9.17) is 4.74 Å². The van der Waals surface area contributed by atoms with Crippen molar-refractivity contribution in [1.82, 2.24) is 9.80 Å². The van der Waals surface area contributed by atoms with Crippen LogP contribution in [0.3, 0.4) is 0 Å². The van der Waals surface area contributed by atoms with Crippen LogP contribution in [0.15, 0.2) is 48.5 Å². The van der Waals surface area contributed by atoms with Gasteiger partial charge in [-0.25, -0.2) is 4.79 Å². The molecule has 1 heterocycles. The number of piperazine rings is 1. The van der Waals surface area contributed by atoms with Gasteiger partial charge in [0.25, 0.3) is 0 Å².